The van der Waals surface area contributed by atoms with Gasteiger partial charge in [0.15, 0.2) is 11.6 Å². The summed E-state index contributed by atoms with van der Waals surface area (Å²) in [5, 5.41) is 11.9. The molecule has 0 aliphatic heterocycles. The quantitative estimate of drug-likeness (QED) is 0.844. The number of aliphatic carboxylic acids is 1. The van der Waals surface area contributed by atoms with Gasteiger partial charge in [0.2, 0.25) is 5.91 Å². The minimum Gasteiger partial charge on any atom is -0.481 e. The standard InChI is InChI=1S/C16H15F2NO3/c17-11-6-5-10(7-12(11)18)19-15(20)13-8-1-3-9(4-2-8)14(13)16(21)22/h1,3,5-9,13-14H,2,4H2,(H,19,20)(H,21,22)/t8-,9+,13-,14-/m0/s1. The summed E-state index contributed by atoms with van der Waals surface area (Å²) >= 11 is 0. The molecule has 0 saturated heterocycles. The molecule has 1 aromatic carbocycles. The second kappa shape index (κ2) is 5.51. The lowest BCUT2D eigenvalue weighted by atomic mass is 9.62. The number of anilines is 1. The average Bonchev–Trinajstić information content (AvgIpc) is 2.51. The molecule has 4 rings (SSSR count). The van der Waals surface area contributed by atoms with Crippen molar-refractivity contribution in [3.05, 3.63) is 42.0 Å². The molecule has 0 spiro atoms. The van der Waals surface area contributed by atoms with Crippen LogP contribution in [0.5, 0.6) is 0 Å². The zero-order valence-electron chi connectivity index (χ0n) is 11.6. The van der Waals surface area contributed by atoms with Crippen molar-refractivity contribution in [1.29, 1.82) is 0 Å². The number of hydrogen-bond donors (Lipinski definition) is 2. The van der Waals surface area contributed by atoms with Gasteiger partial charge >= 0.3 is 5.97 Å². The Kier molecular flexibility index (Phi) is 3.68. The number of rotatable bonds is 3. The van der Waals surface area contributed by atoms with Crippen molar-refractivity contribution in [1.82, 2.24) is 0 Å². The summed E-state index contributed by atoms with van der Waals surface area (Å²) < 4.78 is 26.1. The number of fused-ring (bicyclic) bond motifs is 2. The molecule has 4 atom stereocenters. The van der Waals surface area contributed by atoms with Crippen LogP contribution in [0.15, 0.2) is 30.4 Å². The highest BCUT2D eigenvalue weighted by Gasteiger charge is 2.48. The maximum Gasteiger partial charge on any atom is 0.307 e. The molecule has 0 unspecified atom stereocenters. The van der Waals surface area contributed by atoms with Crippen molar-refractivity contribution >= 4 is 17.6 Å². The zero-order valence-corrected chi connectivity index (χ0v) is 11.6. The third-order valence-electron chi connectivity index (χ3n) is 4.52. The Balaban J connectivity index is 1.82. The van der Waals surface area contributed by atoms with Crippen LogP contribution in [0.4, 0.5) is 14.5 Å². The van der Waals surface area contributed by atoms with Crippen molar-refractivity contribution in [2.24, 2.45) is 23.7 Å². The van der Waals surface area contributed by atoms with Crippen molar-refractivity contribution in [2.45, 2.75) is 12.8 Å². The SMILES string of the molecule is O=C(O)[C@@H]1[C@@H](C(=O)Nc2ccc(F)c(F)c2)[C@H]2C=C[C@@H]1CC2. The molecule has 0 aromatic heterocycles. The van der Waals surface area contributed by atoms with Crippen molar-refractivity contribution in [2.75, 3.05) is 5.32 Å². The van der Waals surface area contributed by atoms with E-state index in [0.29, 0.717) is 0 Å². The van der Waals surface area contributed by atoms with Crippen LogP contribution in [-0.4, -0.2) is 17.0 Å². The molecule has 1 aromatic rings. The first kappa shape index (κ1) is 14.7. The van der Waals surface area contributed by atoms with Crippen LogP contribution in [0.25, 0.3) is 0 Å². The van der Waals surface area contributed by atoms with Gasteiger partial charge in [-0.15, -0.1) is 0 Å². The van der Waals surface area contributed by atoms with Gasteiger partial charge in [0.25, 0.3) is 0 Å². The topological polar surface area (TPSA) is 66.4 Å². The summed E-state index contributed by atoms with van der Waals surface area (Å²) in [5.41, 5.74) is 0.124. The molecule has 4 nitrogen and oxygen atoms in total. The van der Waals surface area contributed by atoms with Crippen LogP contribution in [0, 0.1) is 35.3 Å². The van der Waals surface area contributed by atoms with Gasteiger partial charge < -0.3 is 10.4 Å². The van der Waals surface area contributed by atoms with Gasteiger partial charge in [-0.25, -0.2) is 8.78 Å². The largest absolute Gasteiger partial charge is 0.481 e. The number of nitrogens with one attached hydrogen (secondary N) is 1. The highest BCUT2D eigenvalue weighted by molar-refractivity contribution is 5.96. The van der Waals surface area contributed by atoms with E-state index in [9.17, 15) is 23.5 Å². The second-order valence-electron chi connectivity index (χ2n) is 5.80. The van der Waals surface area contributed by atoms with E-state index in [2.05, 4.69) is 5.32 Å². The fourth-order valence-corrected chi connectivity index (χ4v) is 3.49. The minimum absolute atomic E-state index is 0.124. The van der Waals surface area contributed by atoms with Crippen LogP contribution in [0.3, 0.4) is 0 Å². The second-order valence-corrected chi connectivity index (χ2v) is 5.80. The molecule has 2 bridgehead atoms. The van der Waals surface area contributed by atoms with Crippen molar-refractivity contribution in [3.8, 4) is 0 Å². The van der Waals surface area contributed by atoms with Gasteiger partial charge in [-0.3, -0.25) is 9.59 Å². The van der Waals surface area contributed by atoms with E-state index in [4.69, 9.17) is 0 Å². The first-order chi connectivity index (χ1) is 10.5. The van der Waals surface area contributed by atoms with Crippen molar-refractivity contribution in [3.63, 3.8) is 0 Å². The molecule has 1 amide bonds. The first-order valence-electron chi connectivity index (χ1n) is 7.14. The molecule has 3 aliphatic rings. The van der Waals surface area contributed by atoms with E-state index in [1.54, 1.807) is 0 Å². The van der Waals surface area contributed by atoms with Gasteiger partial charge in [0.05, 0.1) is 11.8 Å². The summed E-state index contributed by atoms with van der Waals surface area (Å²) in [5.74, 6) is -5.25. The molecule has 1 saturated carbocycles. The van der Waals surface area contributed by atoms with E-state index >= 15 is 0 Å². The summed E-state index contributed by atoms with van der Waals surface area (Å²) in [7, 11) is 0. The number of carboxylic acid groups (broad SMARTS) is 1. The third kappa shape index (κ3) is 2.49. The number of carboxylic acids is 1. The first-order valence-corrected chi connectivity index (χ1v) is 7.14. The molecule has 116 valence electrons. The average molecular weight is 307 g/mol. The van der Waals surface area contributed by atoms with Crippen LogP contribution in [-0.2, 0) is 9.59 Å². The van der Waals surface area contributed by atoms with Crippen LogP contribution in [0.1, 0.15) is 12.8 Å². The Hall–Kier alpha value is -2.24. The van der Waals surface area contributed by atoms with Gasteiger partial charge in [-0.05, 0) is 36.8 Å². The lowest BCUT2D eigenvalue weighted by Crippen LogP contribution is -2.47. The Morgan fingerprint density at radius 2 is 1.68 bits per heavy atom. The predicted octanol–water partition coefficient (Wildman–Crippen LogP) is 2.82. The molecule has 0 radical (unpaired) electrons. The number of amides is 1. The summed E-state index contributed by atoms with van der Waals surface area (Å²) in [6.07, 6.45) is 5.28. The van der Waals surface area contributed by atoms with Gasteiger partial charge in [-0.1, -0.05) is 12.2 Å². The monoisotopic (exact) mass is 307 g/mol. The van der Waals surface area contributed by atoms with E-state index in [1.807, 2.05) is 12.2 Å². The zero-order chi connectivity index (χ0) is 15.9. The maximum atomic E-state index is 13.2. The van der Waals surface area contributed by atoms with Crippen LogP contribution < -0.4 is 5.32 Å². The minimum atomic E-state index is -1.06. The van der Waals surface area contributed by atoms with Gasteiger partial charge in [-0.2, -0.15) is 0 Å². The molecule has 22 heavy (non-hydrogen) atoms. The summed E-state index contributed by atoms with van der Waals surface area (Å²) in [4.78, 5) is 23.9. The Morgan fingerprint density at radius 1 is 1.05 bits per heavy atom. The number of hydrogen-bond acceptors (Lipinski definition) is 2. The lowest BCUT2D eigenvalue weighted by molar-refractivity contribution is -0.151. The number of benzene rings is 1. The van der Waals surface area contributed by atoms with Gasteiger partial charge in [0, 0.05) is 11.8 Å². The molecule has 3 aliphatic carbocycles. The van der Waals surface area contributed by atoms with E-state index < -0.39 is 35.3 Å². The number of halogens is 2. The fraction of sp³-hybridized carbons (Fsp3) is 0.375. The molecule has 0 heterocycles. The highest BCUT2D eigenvalue weighted by Crippen LogP contribution is 2.45. The summed E-state index contributed by atoms with van der Waals surface area (Å²) in [6, 6.07) is 3.06. The number of carbonyl (C=O) groups excluding carboxylic acids is 1. The smallest absolute Gasteiger partial charge is 0.307 e. The Labute approximate surface area is 125 Å². The molecular formula is C16H15F2NO3. The van der Waals surface area contributed by atoms with E-state index in [1.165, 1.54) is 6.07 Å². The maximum absolute atomic E-state index is 13.2. The summed E-state index contributed by atoms with van der Waals surface area (Å²) in [6.45, 7) is 0. The predicted molar refractivity (Wildman–Crippen MR) is 75.0 cm³/mol. The van der Waals surface area contributed by atoms with Crippen molar-refractivity contribution < 1.29 is 23.5 Å². The fourth-order valence-electron chi connectivity index (χ4n) is 3.49. The lowest BCUT2D eigenvalue weighted by Gasteiger charge is -2.41. The highest BCUT2D eigenvalue weighted by atomic mass is 19.2. The van der Waals surface area contributed by atoms with E-state index in [-0.39, 0.29) is 17.5 Å². The Bertz CT molecular complexity index is 659. The number of allylic oxidation sites excluding steroid dienone is 2. The Morgan fingerprint density at radius 3 is 2.23 bits per heavy atom. The molecule has 2 N–H and O–H groups in total. The molecule has 6 heteroatoms. The molecule has 1 fully saturated rings. The number of carbonyl (C=O) groups is 2. The van der Waals surface area contributed by atoms with Crippen LogP contribution in [0.2, 0.25) is 0 Å². The normalized spacial score (nSPS) is 29.4. The van der Waals surface area contributed by atoms with Crippen LogP contribution >= 0.6 is 0 Å². The van der Waals surface area contributed by atoms with E-state index in [0.717, 1.165) is 25.0 Å². The van der Waals surface area contributed by atoms with Gasteiger partial charge in [0.1, 0.15) is 0 Å². The third-order valence-corrected chi connectivity index (χ3v) is 4.52. The molecular weight excluding hydrogens is 292 g/mol.